The predicted octanol–water partition coefficient (Wildman–Crippen LogP) is 2.08. The lowest BCUT2D eigenvalue weighted by atomic mass is 10.3. The molecule has 0 bridgehead atoms. The van der Waals surface area contributed by atoms with E-state index in [2.05, 4.69) is 32.3 Å². The van der Waals surface area contributed by atoms with Crippen LogP contribution in [0.1, 0.15) is 12.0 Å². The first-order chi connectivity index (χ1) is 6.24. The van der Waals surface area contributed by atoms with E-state index in [-0.39, 0.29) is 6.10 Å². The van der Waals surface area contributed by atoms with E-state index >= 15 is 0 Å². The van der Waals surface area contributed by atoms with Crippen LogP contribution in [0.15, 0.2) is 15.2 Å². The molecule has 0 aliphatic carbocycles. The van der Waals surface area contributed by atoms with Crippen LogP contribution in [0, 0.1) is 0 Å². The third-order valence-corrected chi connectivity index (χ3v) is 3.83. The van der Waals surface area contributed by atoms with E-state index in [4.69, 9.17) is 0 Å². The topological polar surface area (TPSA) is 23.5 Å². The number of hydrogen-bond acceptors (Lipinski definition) is 3. The van der Waals surface area contributed by atoms with Crippen LogP contribution in [0.2, 0.25) is 0 Å². The highest BCUT2D eigenvalue weighted by molar-refractivity contribution is 9.11. The van der Waals surface area contributed by atoms with E-state index < -0.39 is 0 Å². The molecule has 2 rings (SSSR count). The fraction of sp³-hybridized carbons (Fsp3) is 0.556. The van der Waals surface area contributed by atoms with Crippen molar-refractivity contribution in [3.63, 3.8) is 0 Å². The Hall–Kier alpha value is 0.100. The molecule has 0 amide bonds. The third-order valence-electron chi connectivity index (χ3n) is 2.28. The third kappa shape index (κ3) is 2.53. The molecule has 1 aromatic heterocycles. The molecule has 1 aromatic rings. The van der Waals surface area contributed by atoms with E-state index in [1.54, 1.807) is 11.3 Å². The molecule has 0 radical (unpaired) electrons. The first-order valence-electron chi connectivity index (χ1n) is 4.37. The maximum absolute atomic E-state index is 9.33. The first-order valence-corrected chi connectivity index (χ1v) is 6.04. The predicted molar refractivity (Wildman–Crippen MR) is 57.9 cm³/mol. The van der Waals surface area contributed by atoms with Gasteiger partial charge in [-0.05, 0) is 39.4 Å². The quantitative estimate of drug-likeness (QED) is 0.882. The Bertz CT molecular complexity index is 289. The van der Waals surface area contributed by atoms with Gasteiger partial charge in [0.05, 0.1) is 9.89 Å². The lowest BCUT2D eigenvalue weighted by Crippen LogP contribution is -2.21. The summed E-state index contributed by atoms with van der Waals surface area (Å²) in [5.74, 6) is 0. The molecule has 13 heavy (non-hydrogen) atoms. The van der Waals surface area contributed by atoms with Crippen LogP contribution >= 0.6 is 27.3 Å². The summed E-state index contributed by atoms with van der Waals surface area (Å²) in [5.41, 5.74) is 1.34. The molecule has 4 heteroatoms. The molecular weight excluding hydrogens is 250 g/mol. The molecule has 1 fully saturated rings. The Kier molecular flexibility index (Phi) is 3.03. The number of aliphatic hydroxyl groups excluding tert-OH is 1. The van der Waals surface area contributed by atoms with Crippen molar-refractivity contribution in [2.24, 2.45) is 0 Å². The van der Waals surface area contributed by atoms with Crippen molar-refractivity contribution in [2.45, 2.75) is 19.1 Å². The van der Waals surface area contributed by atoms with E-state index in [0.717, 1.165) is 26.1 Å². The van der Waals surface area contributed by atoms with E-state index in [1.807, 2.05) is 0 Å². The number of likely N-dealkylation sites (tertiary alicyclic amines) is 1. The van der Waals surface area contributed by atoms with Gasteiger partial charge in [-0.2, -0.15) is 0 Å². The van der Waals surface area contributed by atoms with Crippen LogP contribution in [-0.4, -0.2) is 29.2 Å². The number of β-amino-alcohol motifs (C(OH)–C–C–N with tert-alkyl or cyclic N) is 1. The minimum absolute atomic E-state index is 0.109. The van der Waals surface area contributed by atoms with Crippen LogP contribution in [0.3, 0.4) is 0 Å². The monoisotopic (exact) mass is 261 g/mol. The molecule has 1 aliphatic rings. The van der Waals surface area contributed by atoms with Gasteiger partial charge in [-0.15, -0.1) is 11.3 Å². The summed E-state index contributed by atoms with van der Waals surface area (Å²) in [6.45, 7) is 2.82. The minimum Gasteiger partial charge on any atom is -0.392 e. The SMILES string of the molecule is OC1CCN(Cc2csc(Br)c2)C1. The fourth-order valence-electron chi connectivity index (χ4n) is 1.64. The molecule has 2 nitrogen and oxygen atoms in total. The van der Waals surface area contributed by atoms with Gasteiger partial charge in [-0.3, -0.25) is 4.90 Å². The number of hydrogen-bond donors (Lipinski definition) is 1. The molecule has 1 saturated heterocycles. The van der Waals surface area contributed by atoms with Gasteiger partial charge in [-0.25, -0.2) is 0 Å². The van der Waals surface area contributed by atoms with Crippen molar-refractivity contribution >= 4 is 27.3 Å². The molecule has 72 valence electrons. The zero-order valence-electron chi connectivity index (χ0n) is 7.24. The van der Waals surface area contributed by atoms with E-state index in [9.17, 15) is 5.11 Å². The average Bonchev–Trinajstić information content (AvgIpc) is 2.62. The summed E-state index contributed by atoms with van der Waals surface area (Å²) in [4.78, 5) is 2.29. The molecule has 0 aromatic carbocycles. The maximum atomic E-state index is 9.33. The van der Waals surface area contributed by atoms with Gasteiger partial charge >= 0.3 is 0 Å². The zero-order valence-corrected chi connectivity index (χ0v) is 9.64. The average molecular weight is 262 g/mol. The Morgan fingerprint density at radius 1 is 1.69 bits per heavy atom. The van der Waals surface area contributed by atoms with Gasteiger partial charge in [0, 0.05) is 19.6 Å². The number of halogens is 1. The maximum Gasteiger partial charge on any atom is 0.0701 e. The largest absolute Gasteiger partial charge is 0.392 e. The van der Waals surface area contributed by atoms with Crippen molar-refractivity contribution in [3.8, 4) is 0 Å². The Balaban J connectivity index is 1.91. The molecule has 0 spiro atoms. The second-order valence-electron chi connectivity index (χ2n) is 3.44. The van der Waals surface area contributed by atoms with Crippen molar-refractivity contribution in [1.29, 1.82) is 0 Å². The Labute approximate surface area is 90.3 Å². The van der Waals surface area contributed by atoms with Crippen molar-refractivity contribution in [3.05, 3.63) is 20.8 Å². The van der Waals surface area contributed by atoms with Gasteiger partial charge in [0.1, 0.15) is 0 Å². The van der Waals surface area contributed by atoms with E-state index in [0.29, 0.717) is 0 Å². The molecule has 2 heterocycles. The van der Waals surface area contributed by atoms with Crippen molar-refractivity contribution in [2.75, 3.05) is 13.1 Å². The number of rotatable bonds is 2. The highest BCUT2D eigenvalue weighted by Crippen LogP contribution is 2.22. The Morgan fingerprint density at radius 3 is 3.08 bits per heavy atom. The summed E-state index contributed by atoms with van der Waals surface area (Å²) in [6.07, 6.45) is 0.813. The zero-order chi connectivity index (χ0) is 9.26. The van der Waals surface area contributed by atoms with E-state index in [1.165, 1.54) is 9.35 Å². The van der Waals surface area contributed by atoms with Gasteiger partial charge in [0.15, 0.2) is 0 Å². The van der Waals surface area contributed by atoms with Crippen LogP contribution < -0.4 is 0 Å². The summed E-state index contributed by atoms with van der Waals surface area (Å²) in [7, 11) is 0. The molecular formula is C9H12BrNOS. The molecule has 1 unspecified atom stereocenters. The number of nitrogens with zero attached hydrogens (tertiary/aromatic N) is 1. The first kappa shape index (κ1) is 9.65. The summed E-state index contributed by atoms with van der Waals surface area (Å²) in [5, 5.41) is 11.5. The smallest absolute Gasteiger partial charge is 0.0701 e. The minimum atomic E-state index is -0.109. The molecule has 1 aliphatic heterocycles. The molecule has 1 atom stereocenters. The standard InChI is InChI=1S/C9H12BrNOS/c10-9-3-7(6-13-9)4-11-2-1-8(12)5-11/h3,6,8,12H,1-2,4-5H2. The summed E-state index contributed by atoms with van der Waals surface area (Å²) < 4.78 is 1.18. The van der Waals surface area contributed by atoms with Crippen LogP contribution in [0.5, 0.6) is 0 Å². The van der Waals surface area contributed by atoms with Crippen molar-refractivity contribution in [1.82, 2.24) is 4.90 Å². The fourth-order valence-corrected chi connectivity index (χ4v) is 2.84. The van der Waals surface area contributed by atoms with Gasteiger partial charge < -0.3 is 5.11 Å². The van der Waals surface area contributed by atoms with Crippen molar-refractivity contribution < 1.29 is 5.11 Å². The van der Waals surface area contributed by atoms with Crippen LogP contribution in [0.25, 0.3) is 0 Å². The highest BCUT2D eigenvalue weighted by atomic mass is 79.9. The lowest BCUT2D eigenvalue weighted by Gasteiger charge is -2.12. The second kappa shape index (κ2) is 4.09. The second-order valence-corrected chi connectivity index (χ2v) is 5.73. The van der Waals surface area contributed by atoms with Crippen LogP contribution in [-0.2, 0) is 6.54 Å². The number of thiophene rings is 1. The molecule has 1 N–H and O–H groups in total. The van der Waals surface area contributed by atoms with Gasteiger partial charge in [0.25, 0.3) is 0 Å². The number of aliphatic hydroxyl groups is 1. The summed E-state index contributed by atoms with van der Waals surface area (Å²) >= 11 is 5.16. The van der Waals surface area contributed by atoms with Crippen LogP contribution in [0.4, 0.5) is 0 Å². The summed E-state index contributed by atoms with van der Waals surface area (Å²) in [6, 6.07) is 2.15. The van der Waals surface area contributed by atoms with Gasteiger partial charge in [-0.1, -0.05) is 0 Å². The normalized spacial score (nSPS) is 24.0. The van der Waals surface area contributed by atoms with Gasteiger partial charge in [0.2, 0.25) is 0 Å². The lowest BCUT2D eigenvalue weighted by molar-refractivity contribution is 0.175. The molecule has 0 saturated carbocycles. The highest BCUT2D eigenvalue weighted by Gasteiger charge is 2.19. The Morgan fingerprint density at radius 2 is 2.54 bits per heavy atom.